The van der Waals surface area contributed by atoms with Crippen LogP contribution in [0.3, 0.4) is 0 Å². The largest absolute Gasteiger partial charge is 0.480 e. The van der Waals surface area contributed by atoms with Crippen LogP contribution < -0.4 is 5.32 Å². The molecule has 0 spiro atoms. The summed E-state index contributed by atoms with van der Waals surface area (Å²) < 4.78 is 1.14. The quantitative estimate of drug-likeness (QED) is 0.559. The molecule has 0 radical (unpaired) electrons. The summed E-state index contributed by atoms with van der Waals surface area (Å²) in [5.74, 6) is -0.809. The molecule has 23 heavy (non-hydrogen) atoms. The second-order valence-corrected chi connectivity index (χ2v) is 7.06. The molecule has 116 valence electrons. The fraction of sp³-hybridized carbons (Fsp3) is 0.167. The van der Waals surface area contributed by atoms with Crippen molar-refractivity contribution >= 4 is 39.5 Å². The van der Waals surface area contributed by atoms with E-state index in [1.54, 1.807) is 0 Å². The Hall–Kier alpha value is -1.86. The van der Waals surface area contributed by atoms with Crippen molar-refractivity contribution in [2.45, 2.75) is 18.5 Å². The van der Waals surface area contributed by atoms with Crippen LogP contribution >= 0.6 is 22.6 Å². The number of aromatic amines is 1. The van der Waals surface area contributed by atoms with Crippen molar-refractivity contribution < 1.29 is 9.90 Å². The zero-order chi connectivity index (χ0) is 16.0. The standard InChI is InChI=1S/C18H15IN2O2/c19-11-5-3-4-10(8-11)16-17-13(9-15(21-16)18(22)23)12-6-1-2-7-14(12)20-17/h1-8,15-16,20-21H,9H2,(H,22,23). The average Bonchev–Trinajstić information content (AvgIpc) is 2.92. The molecule has 2 atom stereocenters. The molecule has 4 nitrogen and oxygen atoms in total. The number of carbonyl (C=O) groups is 1. The van der Waals surface area contributed by atoms with Crippen molar-refractivity contribution in [2.75, 3.05) is 0 Å². The third-order valence-electron chi connectivity index (χ3n) is 4.39. The van der Waals surface area contributed by atoms with Crippen LogP contribution in [0.5, 0.6) is 0 Å². The van der Waals surface area contributed by atoms with Gasteiger partial charge in [-0.3, -0.25) is 10.1 Å². The van der Waals surface area contributed by atoms with Gasteiger partial charge in [0.05, 0.1) is 6.04 Å². The van der Waals surface area contributed by atoms with E-state index in [0.29, 0.717) is 6.42 Å². The lowest BCUT2D eigenvalue weighted by Gasteiger charge is -2.29. The number of carboxylic acid groups (broad SMARTS) is 1. The molecule has 2 heterocycles. The van der Waals surface area contributed by atoms with Gasteiger partial charge in [0.2, 0.25) is 0 Å². The molecule has 1 aliphatic rings. The molecule has 0 saturated heterocycles. The molecule has 4 rings (SSSR count). The summed E-state index contributed by atoms with van der Waals surface area (Å²) in [5, 5.41) is 13.9. The van der Waals surface area contributed by atoms with Gasteiger partial charge in [0.15, 0.2) is 0 Å². The van der Waals surface area contributed by atoms with Gasteiger partial charge in [-0.1, -0.05) is 30.3 Å². The SMILES string of the molecule is O=C(O)C1Cc2c([nH]c3ccccc23)C(c2cccc(I)c2)N1. The number of H-pyrrole nitrogens is 1. The lowest BCUT2D eigenvalue weighted by Crippen LogP contribution is -2.44. The van der Waals surface area contributed by atoms with E-state index in [1.165, 1.54) is 0 Å². The summed E-state index contributed by atoms with van der Waals surface area (Å²) in [5.41, 5.74) is 4.32. The van der Waals surface area contributed by atoms with E-state index in [2.05, 4.69) is 45.0 Å². The van der Waals surface area contributed by atoms with E-state index in [9.17, 15) is 9.90 Å². The predicted molar refractivity (Wildman–Crippen MR) is 97.6 cm³/mol. The molecule has 1 aliphatic heterocycles. The summed E-state index contributed by atoms with van der Waals surface area (Å²) in [4.78, 5) is 15.1. The summed E-state index contributed by atoms with van der Waals surface area (Å²) in [7, 11) is 0. The van der Waals surface area contributed by atoms with Crippen molar-refractivity contribution in [3.63, 3.8) is 0 Å². The smallest absolute Gasteiger partial charge is 0.321 e. The minimum absolute atomic E-state index is 0.137. The molecular formula is C18H15IN2O2. The number of benzene rings is 2. The molecule has 2 unspecified atom stereocenters. The zero-order valence-corrected chi connectivity index (χ0v) is 14.4. The molecule has 3 aromatic rings. The van der Waals surface area contributed by atoms with Gasteiger partial charge in [0, 0.05) is 26.6 Å². The predicted octanol–water partition coefficient (Wildman–Crippen LogP) is 3.46. The Labute approximate surface area is 147 Å². The van der Waals surface area contributed by atoms with E-state index in [0.717, 1.165) is 31.3 Å². The van der Waals surface area contributed by atoms with Gasteiger partial charge in [-0.25, -0.2) is 0 Å². The van der Waals surface area contributed by atoms with Crippen LogP contribution in [0.25, 0.3) is 10.9 Å². The lowest BCUT2D eigenvalue weighted by molar-refractivity contribution is -0.139. The Bertz CT molecular complexity index is 903. The highest BCUT2D eigenvalue weighted by atomic mass is 127. The van der Waals surface area contributed by atoms with E-state index >= 15 is 0 Å². The average molecular weight is 418 g/mol. The maximum absolute atomic E-state index is 11.6. The molecule has 5 heteroatoms. The normalized spacial score (nSPS) is 20.4. The fourth-order valence-corrected chi connectivity index (χ4v) is 3.91. The van der Waals surface area contributed by atoms with Gasteiger partial charge in [0.25, 0.3) is 0 Å². The van der Waals surface area contributed by atoms with E-state index in [1.807, 2.05) is 36.4 Å². The van der Waals surface area contributed by atoms with Crippen molar-refractivity contribution in [2.24, 2.45) is 0 Å². The number of aromatic nitrogens is 1. The number of halogens is 1. The monoisotopic (exact) mass is 418 g/mol. The number of carboxylic acids is 1. The summed E-state index contributed by atoms with van der Waals surface area (Å²) in [6.07, 6.45) is 0.495. The molecule has 1 aromatic heterocycles. The van der Waals surface area contributed by atoms with Crippen LogP contribution in [0, 0.1) is 3.57 Å². The number of para-hydroxylation sites is 1. The maximum Gasteiger partial charge on any atom is 0.321 e. The van der Waals surface area contributed by atoms with E-state index < -0.39 is 12.0 Å². The highest BCUT2D eigenvalue weighted by molar-refractivity contribution is 14.1. The topological polar surface area (TPSA) is 65.1 Å². The molecule has 0 aliphatic carbocycles. The zero-order valence-electron chi connectivity index (χ0n) is 12.2. The fourth-order valence-electron chi connectivity index (χ4n) is 3.34. The Balaban J connectivity index is 1.91. The van der Waals surface area contributed by atoms with Crippen LogP contribution in [-0.2, 0) is 11.2 Å². The van der Waals surface area contributed by atoms with Gasteiger partial charge in [-0.2, -0.15) is 0 Å². The lowest BCUT2D eigenvalue weighted by atomic mass is 9.90. The van der Waals surface area contributed by atoms with Gasteiger partial charge in [0.1, 0.15) is 6.04 Å². The number of nitrogens with one attached hydrogen (secondary N) is 2. The Morgan fingerprint density at radius 1 is 1.17 bits per heavy atom. The summed E-state index contributed by atoms with van der Waals surface area (Å²) >= 11 is 2.28. The number of fused-ring (bicyclic) bond motifs is 3. The summed E-state index contributed by atoms with van der Waals surface area (Å²) in [6, 6.07) is 15.5. The number of hydrogen-bond donors (Lipinski definition) is 3. The second kappa shape index (κ2) is 5.65. The Morgan fingerprint density at radius 2 is 2.00 bits per heavy atom. The van der Waals surface area contributed by atoms with Crippen molar-refractivity contribution in [1.82, 2.24) is 10.3 Å². The van der Waals surface area contributed by atoms with Crippen molar-refractivity contribution in [1.29, 1.82) is 0 Å². The first-order valence-corrected chi connectivity index (χ1v) is 8.55. The van der Waals surface area contributed by atoms with Crippen LogP contribution in [0.1, 0.15) is 22.9 Å². The highest BCUT2D eigenvalue weighted by Crippen LogP contribution is 2.35. The third kappa shape index (κ3) is 2.53. The highest BCUT2D eigenvalue weighted by Gasteiger charge is 2.33. The van der Waals surface area contributed by atoms with E-state index in [4.69, 9.17) is 0 Å². The van der Waals surface area contributed by atoms with Crippen LogP contribution in [0.2, 0.25) is 0 Å². The molecular weight excluding hydrogens is 403 g/mol. The van der Waals surface area contributed by atoms with Crippen molar-refractivity contribution in [3.8, 4) is 0 Å². The minimum atomic E-state index is -0.809. The molecule has 0 amide bonds. The summed E-state index contributed by atoms with van der Waals surface area (Å²) in [6.45, 7) is 0. The number of hydrogen-bond acceptors (Lipinski definition) is 2. The third-order valence-corrected chi connectivity index (χ3v) is 5.06. The first-order valence-electron chi connectivity index (χ1n) is 7.47. The van der Waals surface area contributed by atoms with Crippen LogP contribution in [0.15, 0.2) is 48.5 Å². The number of aliphatic carboxylic acids is 1. The molecule has 3 N–H and O–H groups in total. The molecule has 2 aromatic carbocycles. The van der Waals surface area contributed by atoms with Crippen LogP contribution in [-0.4, -0.2) is 22.1 Å². The van der Waals surface area contributed by atoms with Gasteiger partial charge < -0.3 is 10.1 Å². The molecule has 0 saturated carbocycles. The van der Waals surface area contributed by atoms with Crippen LogP contribution in [0.4, 0.5) is 0 Å². The van der Waals surface area contributed by atoms with Gasteiger partial charge in [-0.15, -0.1) is 0 Å². The van der Waals surface area contributed by atoms with E-state index in [-0.39, 0.29) is 6.04 Å². The van der Waals surface area contributed by atoms with Crippen molar-refractivity contribution in [3.05, 3.63) is 68.9 Å². The van der Waals surface area contributed by atoms with Gasteiger partial charge in [-0.05, 0) is 51.9 Å². The molecule has 0 bridgehead atoms. The maximum atomic E-state index is 11.6. The van der Waals surface area contributed by atoms with Gasteiger partial charge >= 0.3 is 5.97 Å². The Kier molecular flexibility index (Phi) is 3.61. The first kappa shape index (κ1) is 14.7. The minimum Gasteiger partial charge on any atom is -0.480 e. The molecule has 0 fully saturated rings. The Morgan fingerprint density at radius 3 is 2.78 bits per heavy atom. The first-order chi connectivity index (χ1) is 11.1. The second-order valence-electron chi connectivity index (χ2n) is 5.81. The number of rotatable bonds is 2.